The second-order valence-electron chi connectivity index (χ2n) is 8.38. The number of fused-ring (bicyclic) bond motifs is 1. The zero-order chi connectivity index (χ0) is 21.1. The van der Waals surface area contributed by atoms with Crippen molar-refractivity contribution in [3.63, 3.8) is 0 Å². The normalized spacial score (nSPS) is 11.9. The summed E-state index contributed by atoms with van der Waals surface area (Å²) in [4.78, 5) is 12.6. The van der Waals surface area contributed by atoms with E-state index in [2.05, 4.69) is 36.2 Å². The molecule has 8 heteroatoms. The molecule has 1 aromatic heterocycles. The van der Waals surface area contributed by atoms with E-state index in [0.29, 0.717) is 23.2 Å². The molecule has 0 aliphatic rings. The molecule has 0 aliphatic carbocycles. The van der Waals surface area contributed by atoms with E-state index in [4.69, 9.17) is 14.2 Å². The van der Waals surface area contributed by atoms with Crippen molar-refractivity contribution in [3.8, 4) is 17.2 Å². The minimum atomic E-state index is -1.69. The van der Waals surface area contributed by atoms with Crippen molar-refractivity contribution < 1.29 is 23.4 Å². The van der Waals surface area contributed by atoms with Gasteiger partial charge >= 0.3 is 6.09 Å². The predicted octanol–water partition coefficient (Wildman–Crippen LogP) is 4.21. The molecule has 2 aromatic rings. The van der Waals surface area contributed by atoms with Gasteiger partial charge in [-0.05, 0) is 26.8 Å². The average molecular weight is 407 g/mol. The summed E-state index contributed by atoms with van der Waals surface area (Å²) in [5, 5.41) is 4.74. The van der Waals surface area contributed by atoms with Crippen molar-refractivity contribution in [1.29, 1.82) is 0 Å². The lowest BCUT2D eigenvalue weighted by Crippen LogP contribution is -2.27. The number of methoxy groups -OCH3 is 1. The molecule has 0 bridgehead atoms. The molecule has 0 spiro atoms. The summed E-state index contributed by atoms with van der Waals surface area (Å²) in [5.41, 5.74) is 3.22. The first kappa shape index (κ1) is 21.9. The number of hydrogen-bond donors (Lipinski definition) is 0. The van der Waals surface area contributed by atoms with Crippen LogP contribution in [-0.2, 0) is 9.47 Å². The van der Waals surface area contributed by atoms with Crippen LogP contribution in [0.25, 0.3) is 10.9 Å². The zero-order valence-corrected chi connectivity index (χ0v) is 18.5. The van der Waals surface area contributed by atoms with Gasteiger partial charge in [0.2, 0.25) is 0 Å². The Labute approximate surface area is 166 Å². The molecule has 2 rings (SSSR count). The first-order valence-electron chi connectivity index (χ1n) is 9.02. The van der Waals surface area contributed by atoms with Crippen LogP contribution in [0.1, 0.15) is 26.5 Å². The molecule has 28 heavy (non-hydrogen) atoms. The monoisotopic (exact) mass is 406 g/mol. The van der Waals surface area contributed by atoms with Gasteiger partial charge < -0.3 is 14.2 Å². The fourth-order valence-corrected chi connectivity index (χ4v) is 2.74. The van der Waals surface area contributed by atoms with Gasteiger partial charge in [-0.1, -0.05) is 25.6 Å². The van der Waals surface area contributed by atoms with Gasteiger partial charge in [0.25, 0.3) is 0 Å². The average Bonchev–Trinajstić information content (AvgIpc) is 2.89. The number of carbonyl (C=O) groups excluding carboxylic acids is 1. The van der Waals surface area contributed by atoms with Gasteiger partial charge in [-0.3, -0.25) is 0 Å². The van der Waals surface area contributed by atoms with E-state index in [9.17, 15) is 9.18 Å². The fourth-order valence-electron chi connectivity index (χ4n) is 2.24. The van der Waals surface area contributed by atoms with Crippen LogP contribution in [0.4, 0.5) is 9.18 Å². The molecule has 1 aromatic carbocycles. The highest BCUT2D eigenvalue weighted by Gasteiger charge is 2.23. The minimum Gasteiger partial charge on any atom is -0.488 e. The van der Waals surface area contributed by atoms with Crippen LogP contribution in [-0.4, -0.2) is 49.9 Å². The lowest BCUT2D eigenvalue weighted by Gasteiger charge is -2.19. The Morgan fingerprint density at radius 3 is 2.50 bits per heavy atom. The highest BCUT2D eigenvalue weighted by molar-refractivity contribution is 6.83. The third-order valence-electron chi connectivity index (χ3n) is 3.40. The Bertz CT molecular complexity index is 930. The summed E-state index contributed by atoms with van der Waals surface area (Å²) in [7, 11) is -0.157. The van der Waals surface area contributed by atoms with Crippen LogP contribution in [0, 0.1) is 17.3 Å². The van der Waals surface area contributed by atoms with Gasteiger partial charge in [0, 0.05) is 18.6 Å². The molecule has 1 heterocycles. The van der Waals surface area contributed by atoms with Crippen molar-refractivity contribution >= 4 is 25.1 Å². The van der Waals surface area contributed by atoms with Crippen LogP contribution in [0.15, 0.2) is 12.1 Å². The van der Waals surface area contributed by atoms with E-state index in [1.54, 1.807) is 20.8 Å². The summed E-state index contributed by atoms with van der Waals surface area (Å²) < 4.78 is 31.4. The number of ether oxygens (including phenoxy) is 3. The van der Waals surface area contributed by atoms with Gasteiger partial charge in [-0.15, -0.1) is 5.54 Å². The number of aromatic nitrogens is 2. The molecule has 0 unspecified atom stereocenters. The highest BCUT2D eigenvalue weighted by atomic mass is 28.3. The summed E-state index contributed by atoms with van der Waals surface area (Å²) in [6, 6.07) is 2.73. The van der Waals surface area contributed by atoms with E-state index < -0.39 is 25.6 Å². The lowest BCUT2D eigenvalue weighted by atomic mass is 10.2. The summed E-state index contributed by atoms with van der Waals surface area (Å²) in [6.45, 7) is 12.1. The molecule has 0 amide bonds. The molecule has 0 aliphatic heterocycles. The first-order chi connectivity index (χ1) is 12.9. The Hall–Kier alpha value is -2.37. The largest absolute Gasteiger partial charge is 0.488 e. The summed E-state index contributed by atoms with van der Waals surface area (Å²) in [6.07, 6.45) is -0.659. The van der Waals surface area contributed by atoms with Crippen molar-refractivity contribution in [3.05, 3.63) is 23.6 Å². The van der Waals surface area contributed by atoms with E-state index in [1.165, 1.54) is 19.2 Å². The smallest absolute Gasteiger partial charge is 0.435 e. The van der Waals surface area contributed by atoms with Crippen LogP contribution in [0.2, 0.25) is 19.6 Å². The van der Waals surface area contributed by atoms with Crippen molar-refractivity contribution in [2.24, 2.45) is 0 Å². The second-order valence-corrected chi connectivity index (χ2v) is 13.1. The second kappa shape index (κ2) is 8.33. The third kappa shape index (κ3) is 5.81. The van der Waals surface area contributed by atoms with Crippen LogP contribution < -0.4 is 4.74 Å². The zero-order valence-electron chi connectivity index (χ0n) is 17.5. The van der Waals surface area contributed by atoms with Crippen LogP contribution in [0.3, 0.4) is 0 Å². The minimum absolute atomic E-state index is 0.0129. The van der Waals surface area contributed by atoms with E-state index in [-0.39, 0.29) is 12.4 Å². The Morgan fingerprint density at radius 1 is 1.25 bits per heavy atom. The van der Waals surface area contributed by atoms with E-state index in [1.807, 2.05) is 0 Å². The van der Waals surface area contributed by atoms with E-state index in [0.717, 1.165) is 4.68 Å². The maximum atomic E-state index is 14.5. The number of carbonyl (C=O) groups is 1. The Morgan fingerprint density at radius 2 is 1.93 bits per heavy atom. The summed E-state index contributed by atoms with van der Waals surface area (Å²) in [5.74, 6) is 2.47. The van der Waals surface area contributed by atoms with E-state index >= 15 is 0 Å². The molecule has 152 valence electrons. The number of benzene rings is 1. The number of nitrogens with zero attached hydrogens (tertiary/aromatic N) is 2. The van der Waals surface area contributed by atoms with Gasteiger partial charge in [0.1, 0.15) is 26.0 Å². The van der Waals surface area contributed by atoms with Crippen molar-refractivity contribution in [2.75, 3.05) is 20.3 Å². The predicted molar refractivity (Wildman–Crippen MR) is 109 cm³/mol. The molecule has 0 radical (unpaired) electrons. The van der Waals surface area contributed by atoms with Gasteiger partial charge in [0.15, 0.2) is 11.6 Å². The number of hydrogen-bond acceptors (Lipinski definition) is 5. The van der Waals surface area contributed by atoms with Crippen LogP contribution >= 0.6 is 0 Å². The molecule has 6 nitrogen and oxygen atoms in total. The molecular formula is C20H27FN2O4Si. The molecule has 0 N–H and O–H groups in total. The maximum Gasteiger partial charge on any atom is 0.435 e. The fraction of sp³-hybridized carbons (Fsp3) is 0.500. The number of halogens is 1. The molecule has 0 atom stereocenters. The van der Waals surface area contributed by atoms with Crippen LogP contribution in [0.5, 0.6) is 5.75 Å². The third-order valence-corrected chi connectivity index (χ3v) is 4.28. The quantitative estimate of drug-likeness (QED) is 0.432. The van der Waals surface area contributed by atoms with Gasteiger partial charge in [-0.25, -0.2) is 9.18 Å². The van der Waals surface area contributed by atoms with Gasteiger partial charge in [-0.2, -0.15) is 9.78 Å². The standard InChI is InChI=1S/C20H27FN2O4Si/c1-20(2,3)27-19(24)23-17-13-18(26-10-9-25-4)15(21)12-14(17)16(22-23)8-11-28(5,6)7/h12-13H,9-10H2,1-7H3. The molecule has 0 saturated carbocycles. The maximum absolute atomic E-state index is 14.5. The summed E-state index contributed by atoms with van der Waals surface area (Å²) >= 11 is 0. The Kier molecular flexibility index (Phi) is 6.52. The van der Waals surface area contributed by atoms with Gasteiger partial charge in [0.05, 0.1) is 12.1 Å². The SMILES string of the molecule is COCCOc1cc2c(cc1F)c(C#C[Si](C)(C)C)nn2C(=O)OC(C)(C)C. The van der Waals surface area contributed by atoms with Crippen molar-refractivity contribution in [2.45, 2.75) is 46.0 Å². The topological polar surface area (TPSA) is 62.6 Å². The first-order valence-corrected chi connectivity index (χ1v) is 12.5. The number of rotatable bonds is 4. The van der Waals surface area contributed by atoms with Crippen molar-refractivity contribution in [1.82, 2.24) is 9.78 Å². The molecular weight excluding hydrogens is 379 g/mol. The highest BCUT2D eigenvalue weighted by Crippen LogP contribution is 2.28. The lowest BCUT2D eigenvalue weighted by molar-refractivity contribution is 0.0522. The molecule has 0 saturated heterocycles. The molecule has 0 fully saturated rings. The Balaban J connectivity index is 2.59.